The summed E-state index contributed by atoms with van der Waals surface area (Å²) in [5.41, 5.74) is 48.2. The zero-order valence-electron chi connectivity index (χ0n) is 79.2. The Labute approximate surface area is 845 Å². The van der Waals surface area contributed by atoms with Gasteiger partial charge < -0.3 is 51.5 Å². The smallest absolute Gasteiger partial charge is 0.328 e. The molecule has 0 aliphatic carbocycles. The summed E-state index contributed by atoms with van der Waals surface area (Å²) in [4.78, 5) is 107. The van der Waals surface area contributed by atoms with E-state index in [2.05, 4.69) is 77.8 Å². The largest absolute Gasteiger partial charge is 0.364 e. The molecule has 11 aromatic heterocycles. The van der Waals surface area contributed by atoms with Crippen LogP contribution in [0.3, 0.4) is 0 Å². The summed E-state index contributed by atoms with van der Waals surface area (Å²) in [6, 6.07) is 86.1. The van der Waals surface area contributed by atoms with Crippen LogP contribution in [-0.2, 0) is 42.8 Å². The van der Waals surface area contributed by atoms with Crippen LogP contribution in [0.1, 0.15) is 106 Å². The second-order valence-corrected chi connectivity index (χ2v) is 36.5. The molecule has 11 heterocycles. The number of nitrogens with two attached hydrogens (primary N) is 5. The molecule has 0 bridgehead atoms. The minimum absolute atomic E-state index is 0.0377. The van der Waals surface area contributed by atoms with E-state index in [1.807, 2.05) is 137 Å². The summed E-state index contributed by atoms with van der Waals surface area (Å²) in [6.45, 7) is 6.77. The van der Waals surface area contributed by atoms with Crippen LogP contribution in [-0.4, -0.2) is 120 Å². The topological polar surface area (TPSA) is 436 Å². The molecular formula is C114H86F5N21O8S. The standard InChI is InChI=1S/C24H17FN4O4S.C24H17FN4O.C23H16FN5O.C23H21FN4O.C20H15FN4O/c25-16-8-6-15(7-9-16)18-12-21(23(26)30)27-20-11-14(5-10-17(18)20)13-29-22-4-2-1-3-19(22)28-24(29)34(31,32)33;25-17-8-6-16(7-9-17)19-12-22(24(26)30)28-21-11-15(5-10-18(19)21)13-29-14-27-20-3-1-2-4-23(20)29;24-16-6-4-15(5-7-16)18-11-20(22(25)30)28-19-10-14(3-8-17(18)19)12-29-13-27-23-21(29)2-1-9-26-23;1-14(2)23-26-9-10-28(23)13-15-3-8-18-19(16-4-6-17(24)7-5-16)12-21(22(25)29)27-20(18)11-15;21-15-4-2-14(3-5-15)17-10-19(20(22)26)24-18-9-13(1-6-16(17)18)11-25-8-7-23-12-25/h1-12H,13H2,(H2,26,30)(H,31,32,33);1-12,14H,13H2,(H2,26,30);1-11,13H,12H2,(H2,25,30);3-12,14H,13H2,1-2H3,(H2,25,29);1-10,12H,11H2,(H2,22,26). The zero-order valence-corrected chi connectivity index (χ0v) is 80.1. The number of benzene rings is 12. The Morgan fingerprint density at radius 3 is 0.993 bits per heavy atom. The fraction of sp³-hybridized carbons (Fsp3) is 0.0702. The molecule has 5 amide bonds. The molecule has 12 aromatic carbocycles. The van der Waals surface area contributed by atoms with Crippen LogP contribution >= 0.6 is 0 Å². The minimum Gasteiger partial charge on any atom is -0.364 e. The number of amides is 5. The van der Waals surface area contributed by atoms with Crippen molar-refractivity contribution >= 4 is 127 Å². The number of hydrogen-bond donors (Lipinski definition) is 6. The van der Waals surface area contributed by atoms with E-state index in [-0.39, 0.29) is 64.1 Å². The Kier molecular flexibility index (Phi) is 27.9. The molecule has 23 aromatic rings. The average molecular weight is 2010 g/mol. The highest BCUT2D eigenvalue weighted by Gasteiger charge is 2.25. The molecule has 23 rings (SSSR count). The molecule has 736 valence electrons. The molecule has 0 radical (unpaired) electrons. The normalized spacial score (nSPS) is 11.3. The number of fused-ring (bicyclic) bond motifs is 8. The van der Waals surface area contributed by atoms with Gasteiger partial charge in [-0.15, -0.1) is 0 Å². The van der Waals surface area contributed by atoms with Crippen molar-refractivity contribution in [3.05, 3.63) is 444 Å². The van der Waals surface area contributed by atoms with Crippen molar-refractivity contribution in [2.45, 2.75) is 57.6 Å². The second kappa shape index (κ2) is 42.2. The number of para-hydroxylation sites is 4. The quantitative estimate of drug-likeness (QED) is 0.0271. The van der Waals surface area contributed by atoms with Gasteiger partial charge in [0.25, 0.3) is 34.7 Å². The predicted molar refractivity (Wildman–Crippen MR) is 559 cm³/mol. The molecule has 149 heavy (non-hydrogen) atoms. The molecular weight excluding hydrogens is 1920 g/mol. The summed E-state index contributed by atoms with van der Waals surface area (Å²) in [6.07, 6.45) is 14.4. The highest BCUT2D eigenvalue weighted by molar-refractivity contribution is 7.85. The zero-order chi connectivity index (χ0) is 104. The first-order valence-electron chi connectivity index (χ1n) is 46.4. The van der Waals surface area contributed by atoms with Gasteiger partial charge in [0.2, 0.25) is 0 Å². The second-order valence-electron chi connectivity index (χ2n) is 35.2. The SMILES string of the molecule is CC(C)c1nccn1Cc1ccc2c(-c3ccc(F)cc3)cc(C(N)=O)nc2c1.NC(=O)c1cc(-c2ccc(F)cc2)c2ccc(Cn3c(S(=O)(=O)O)nc4ccccc43)cc2n1.NC(=O)c1cc(-c2ccc(F)cc2)c2ccc(Cn3ccnc3)cc2n1.NC(=O)c1cc(-c2ccc(F)cc2)c2ccc(Cn3cnc4ccccc43)cc2n1.NC(=O)c1cc(-c2ccc(F)cc2)c2ccc(Cn3cnc4ncccc43)cc2n1. The molecule has 0 unspecified atom stereocenters. The van der Waals surface area contributed by atoms with Gasteiger partial charge in [-0.1, -0.05) is 159 Å². The number of imidazole rings is 5. The van der Waals surface area contributed by atoms with Crippen LogP contribution < -0.4 is 28.7 Å². The lowest BCUT2D eigenvalue weighted by atomic mass is 9.98. The first kappa shape index (κ1) is 98.4. The lowest BCUT2D eigenvalue weighted by Gasteiger charge is -2.13. The van der Waals surface area contributed by atoms with Gasteiger partial charge in [-0.05, 0) is 241 Å². The monoisotopic (exact) mass is 2000 g/mol. The van der Waals surface area contributed by atoms with Crippen LogP contribution in [0.25, 0.3) is 143 Å². The Hall–Kier alpha value is -19.4. The van der Waals surface area contributed by atoms with Gasteiger partial charge >= 0.3 is 10.1 Å². The van der Waals surface area contributed by atoms with Gasteiger partial charge in [-0.3, -0.25) is 28.5 Å². The number of rotatable bonds is 22. The van der Waals surface area contributed by atoms with Crippen molar-refractivity contribution in [1.29, 1.82) is 0 Å². The molecule has 0 atom stereocenters. The molecule has 11 N–H and O–H groups in total. The molecule has 0 aliphatic heterocycles. The highest BCUT2D eigenvalue weighted by atomic mass is 32.2. The number of primary amides is 5. The number of halogens is 5. The maximum atomic E-state index is 13.4. The van der Waals surface area contributed by atoms with Crippen LogP contribution in [0, 0.1) is 29.1 Å². The maximum Gasteiger partial charge on any atom is 0.328 e. The fourth-order valence-corrected chi connectivity index (χ4v) is 18.4. The van der Waals surface area contributed by atoms with Gasteiger partial charge in [0.1, 0.15) is 63.4 Å². The van der Waals surface area contributed by atoms with Gasteiger partial charge in [0, 0.05) is 90.0 Å². The third-order valence-electron chi connectivity index (χ3n) is 24.8. The van der Waals surface area contributed by atoms with Gasteiger partial charge in [0.15, 0.2) is 5.65 Å². The summed E-state index contributed by atoms with van der Waals surface area (Å²) < 4.78 is 110. The summed E-state index contributed by atoms with van der Waals surface area (Å²) in [5.74, 6) is -3.47. The Morgan fingerprint density at radius 2 is 0.638 bits per heavy atom. The molecule has 0 aliphatic rings. The van der Waals surface area contributed by atoms with E-state index >= 15 is 0 Å². The van der Waals surface area contributed by atoms with Crippen LogP contribution in [0.15, 0.2) is 358 Å². The van der Waals surface area contributed by atoms with Gasteiger partial charge in [0.05, 0.1) is 80.7 Å². The van der Waals surface area contributed by atoms with Crippen LogP contribution in [0.2, 0.25) is 0 Å². The van der Waals surface area contributed by atoms with Gasteiger partial charge in [-0.25, -0.2) is 76.8 Å². The number of aromatic nitrogens is 16. The number of carbonyl (C=O) groups excluding carboxylic acids is 5. The Bertz CT molecular complexity index is 9040. The van der Waals surface area contributed by atoms with Crippen molar-refractivity contribution in [1.82, 2.24) is 77.7 Å². The summed E-state index contributed by atoms with van der Waals surface area (Å²) in [7, 11) is -4.58. The van der Waals surface area contributed by atoms with E-state index in [1.165, 1.54) is 65.2 Å². The third-order valence-corrected chi connectivity index (χ3v) is 25.5. The molecule has 0 saturated heterocycles. The summed E-state index contributed by atoms with van der Waals surface area (Å²) >= 11 is 0. The Morgan fingerprint density at radius 1 is 0.309 bits per heavy atom. The van der Waals surface area contributed by atoms with E-state index in [9.17, 15) is 58.9 Å². The first-order valence-corrected chi connectivity index (χ1v) is 47.9. The molecule has 35 heteroatoms. The highest BCUT2D eigenvalue weighted by Crippen LogP contribution is 2.38. The first-order chi connectivity index (χ1) is 71.9. The number of nitrogens with zero attached hydrogens (tertiary/aromatic N) is 16. The number of carbonyl (C=O) groups is 5. The van der Waals surface area contributed by atoms with E-state index in [4.69, 9.17) is 28.7 Å². The van der Waals surface area contributed by atoms with Crippen molar-refractivity contribution < 1.29 is 58.9 Å². The van der Waals surface area contributed by atoms with E-state index < -0.39 is 44.8 Å². The minimum atomic E-state index is -4.58. The molecule has 0 spiro atoms. The fourth-order valence-electron chi connectivity index (χ4n) is 17.7. The number of pyridine rings is 6. The number of hydrogen-bond acceptors (Lipinski definition) is 18. The van der Waals surface area contributed by atoms with Crippen molar-refractivity contribution in [3.63, 3.8) is 0 Å². The predicted octanol–water partition coefficient (Wildman–Crippen LogP) is 20.1. The van der Waals surface area contributed by atoms with Gasteiger partial charge in [-0.2, -0.15) is 8.42 Å². The molecule has 0 saturated carbocycles. The van der Waals surface area contributed by atoms with E-state index in [0.29, 0.717) is 98.4 Å². The van der Waals surface area contributed by atoms with Crippen molar-refractivity contribution in [2.24, 2.45) is 28.7 Å². The Balaban J connectivity index is 0.000000117. The van der Waals surface area contributed by atoms with Crippen LogP contribution in [0.5, 0.6) is 0 Å². The lowest BCUT2D eigenvalue weighted by molar-refractivity contribution is 0.0987. The molecule has 0 fully saturated rings. The van der Waals surface area contributed by atoms with Crippen molar-refractivity contribution in [2.75, 3.05) is 0 Å². The van der Waals surface area contributed by atoms with Crippen molar-refractivity contribution in [3.8, 4) is 55.6 Å². The summed E-state index contributed by atoms with van der Waals surface area (Å²) in [5, 5.41) is 3.69. The van der Waals surface area contributed by atoms with Crippen LogP contribution in [0.4, 0.5) is 22.0 Å². The average Bonchev–Trinajstić information content (AvgIpc) is 1.63. The van der Waals surface area contributed by atoms with E-state index in [1.54, 1.807) is 165 Å². The maximum absolute atomic E-state index is 13.4. The molecule has 29 nitrogen and oxygen atoms in total. The third kappa shape index (κ3) is 22.1. The lowest BCUT2D eigenvalue weighted by Crippen LogP contribution is -2.13. The van der Waals surface area contributed by atoms with E-state index in [0.717, 1.165) is 111 Å².